The van der Waals surface area contributed by atoms with Gasteiger partial charge in [-0.05, 0) is 37.3 Å². The molecule has 0 atom stereocenters. The first-order chi connectivity index (χ1) is 18.2. The van der Waals surface area contributed by atoms with Crippen molar-refractivity contribution in [3.05, 3.63) is 52.9 Å². The largest absolute Gasteiger partial charge is 0.335 e. The van der Waals surface area contributed by atoms with E-state index in [4.69, 9.17) is 4.98 Å². The predicted molar refractivity (Wildman–Crippen MR) is 141 cm³/mol. The average Bonchev–Trinajstić information content (AvgIpc) is 3.51. The molecular formula is C28H28F3N5OS. The highest BCUT2D eigenvalue weighted by molar-refractivity contribution is 7.15. The summed E-state index contributed by atoms with van der Waals surface area (Å²) in [5, 5.41) is 2.37. The minimum absolute atomic E-state index is 0.0202. The molecule has 1 aliphatic heterocycles. The molecular weight excluding hydrogens is 511 g/mol. The molecule has 2 aliphatic rings. The maximum atomic E-state index is 15.6. The molecule has 10 heteroatoms. The summed E-state index contributed by atoms with van der Waals surface area (Å²) in [6.07, 6.45) is 4.13. The Balaban J connectivity index is 1.49. The molecule has 38 heavy (non-hydrogen) atoms. The Hall–Kier alpha value is -3.27. The molecule has 6 rings (SSSR count). The number of benzene rings is 1. The first kappa shape index (κ1) is 25.0. The average molecular weight is 540 g/mol. The highest BCUT2D eigenvalue weighted by Gasteiger charge is 2.39. The SMILES string of the molecule is CCC(=O)N1CCn2c(C3CCC(F)(F)CC3)nc(-c3c(F)ccc4cc(-c5cnc(C)s5)ncc34)c2C1. The van der Waals surface area contributed by atoms with E-state index in [1.54, 1.807) is 34.7 Å². The number of rotatable bonds is 4. The molecule has 3 aromatic heterocycles. The third-order valence-electron chi connectivity index (χ3n) is 7.74. The van der Waals surface area contributed by atoms with Crippen LogP contribution in [0, 0.1) is 12.7 Å². The number of thiazole rings is 1. The standard InChI is InChI=1S/C28H28F3N5OS/c1-3-24(37)35-10-11-36-22(15-35)26(34-27(36)17-6-8-28(30,31)9-7-17)25-19-13-33-21(23-14-32-16(2)38-23)12-18(19)4-5-20(25)29/h4-5,12-14,17H,3,6-11,15H2,1-2H3. The number of hydrogen-bond acceptors (Lipinski definition) is 5. The molecule has 4 aromatic rings. The van der Waals surface area contributed by atoms with Crippen LogP contribution in [0.3, 0.4) is 0 Å². The van der Waals surface area contributed by atoms with Crippen LogP contribution in [0.25, 0.3) is 32.6 Å². The summed E-state index contributed by atoms with van der Waals surface area (Å²) in [5.74, 6) is -2.47. The van der Waals surface area contributed by atoms with Gasteiger partial charge in [0.2, 0.25) is 11.8 Å². The number of imidazole rings is 1. The number of carbonyl (C=O) groups excluding carboxylic acids is 1. The van der Waals surface area contributed by atoms with Gasteiger partial charge in [0.25, 0.3) is 0 Å². The molecule has 0 N–H and O–H groups in total. The second-order valence-electron chi connectivity index (χ2n) is 10.2. The first-order valence-corrected chi connectivity index (χ1v) is 13.8. The van der Waals surface area contributed by atoms with E-state index in [2.05, 4.69) is 9.97 Å². The highest BCUT2D eigenvalue weighted by atomic mass is 32.1. The number of halogens is 3. The Bertz CT molecular complexity index is 1540. The van der Waals surface area contributed by atoms with E-state index >= 15 is 4.39 Å². The zero-order valence-corrected chi connectivity index (χ0v) is 22.1. The van der Waals surface area contributed by atoms with Crippen molar-refractivity contribution in [3.63, 3.8) is 0 Å². The normalized spacial score (nSPS) is 17.7. The molecule has 0 unspecified atom stereocenters. The van der Waals surface area contributed by atoms with E-state index in [1.807, 2.05) is 24.5 Å². The number of nitrogens with zero attached hydrogens (tertiary/aromatic N) is 5. The number of aromatic nitrogens is 4. The summed E-state index contributed by atoms with van der Waals surface area (Å²) in [7, 11) is 0. The van der Waals surface area contributed by atoms with Crippen LogP contribution in [0.2, 0.25) is 0 Å². The summed E-state index contributed by atoms with van der Waals surface area (Å²) >= 11 is 1.54. The number of fused-ring (bicyclic) bond motifs is 2. The van der Waals surface area contributed by atoms with Crippen molar-refractivity contribution in [3.8, 4) is 21.8 Å². The molecule has 1 aromatic carbocycles. The van der Waals surface area contributed by atoms with Crippen LogP contribution in [0.4, 0.5) is 13.2 Å². The number of alkyl halides is 2. The van der Waals surface area contributed by atoms with Crippen molar-refractivity contribution in [2.45, 2.75) is 70.9 Å². The van der Waals surface area contributed by atoms with Crippen LogP contribution >= 0.6 is 11.3 Å². The zero-order valence-electron chi connectivity index (χ0n) is 21.3. The molecule has 0 radical (unpaired) electrons. The molecule has 1 amide bonds. The van der Waals surface area contributed by atoms with Crippen molar-refractivity contribution < 1.29 is 18.0 Å². The van der Waals surface area contributed by atoms with Gasteiger partial charge < -0.3 is 9.47 Å². The Morgan fingerprint density at radius 2 is 1.95 bits per heavy atom. The first-order valence-electron chi connectivity index (χ1n) is 13.0. The van der Waals surface area contributed by atoms with Crippen LogP contribution in [0.1, 0.15) is 61.5 Å². The highest BCUT2D eigenvalue weighted by Crippen LogP contribution is 2.43. The Labute approximate surface area is 222 Å². The summed E-state index contributed by atoms with van der Waals surface area (Å²) in [6, 6.07) is 5.08. The topological polar surface area (TPSA) is 63.9 Å². The van der Waals surface area contributed by atoms with Gasteiger partial charge in [0.05, 0.1) is 33.5 Å². The number of pyridine rings is 1. The van der Waals surface area contributed by atoms with Gasteiger partial charge in [0.1, 0.15) is 11.6 Å². The van der Waals surface area contributed by atoms with Crippen molar-refractivity contribution in [2.75, 3.05) is 6.54 Å². The monoisotopic (exact) mass is 539 g/mol. The summed E-state index contributed by atoms with van der Waals surface area (Å²) in [4.78, 5) is 29.2. The van der Waals surface area contributed by atoms with Gasteiger partial charge in [0.15, 0.2) is 0 Å². The lowest BCUT2D eigenvalue weighted by Gasteiger charge is -2.32. The molecule has 1 saturated carbocycles. The van der Waals surface area contributed by atoms with Gasteiger partial charge in [-0.1, -0.05) is 13.0 Å². The molecule has 0 saturated heterocycles. The quantitative estimate of drug-likeness (QED) is 0.289. The molecule has 198 valence electrons. The van der Waals surface area contributed by atoms with Gasteiger partial charge in [-0.3, -0.25) is 9.78 Å². The fourth-order valence-corrected chi connectivity index (χ4v) is 6.44. The van der Waals surface area contributed by atoms with Crippen molar-refractivity contribution in [2.24, 2.45) is 0 Å². The van der Waals surface area contributed by atoms with Gasteiger partial charge in [-0.15, -0.1) is 11.3 Å². The zero-order chi connectivity index (χ0) is 26.6. The van der Waals surface area contributed by atoms with Crippen molar-refractivity contribution in [1.82, 2.24) is 24.4 Å². The number of carbonyl (C=O) groups is 1. The van der Waals surface area contributed by atoms with E-state index in [9.17, 15) is 13.6 Å². The Morgan fingerprint density at radius 3 is 2.66 bits per heavy atom. The van der Waals surface area contributed by atoms with Gasteiger partial charge in [-0.2, -0.15) is 0 Å². The lowest BCUT2D eigenvalue weighted by molar-refractivity contribution is -0.132. The van der Waals surface area contributed by atoms with E-state index < -0.39 is 11.7 Å². The molecule has 0 spiro atoms. The summed E-state index contributed by atoms with van der Waals surface area (Å²) in [6.45, 7) is 5.08. The maximum absolute atomic E-state index is 15.6. The van der Waals surface area contributed by atoms with Crippen molar-refractivity contribution in [1.29, 1.82) is 0 Å². The predicted octanol–water partition coefficient (Wildman–Crippen LogP) is 6.71. The molecule has 4 heterocycles. The van der Waals surface area contributed by atoms with Crippen LogP contribution in [0.15, 0.2) is 30.6 Å². The third-order valence-corrected chi connectivity index (χ3v) is 8.67. The van der Waals surface area contributed by atoms with Crippen LogP contribution in [-0.2, 0) is 17.9 Å². The van der Waals surface area contributed by atoms with Gasteiger partial charge >= 0.3 is 0 Å². The number of aryl methyl sites for hydroxylation is 1. The Kier molecular flexibility index (Phi) is 6.25. The van der Waals surface area contributed by atoms with Crippen LogP contribution in [-0.4, -0.2) is 42.8 Å². The van der Waals surface area contributed by atoms with Gasteiger partial charge in [0, 0.05) is 61.6 Å². The van der Waals surface area contributed by atoms with Crippen molar-refractivity contribution >= 4 is 28.0 Å². The van der Waals surface area contributed by atoms with Crippen LogP contribution < -0.4 is 0 Å². The van der Waals surface area contributed by atoms with E-state index in [-0.39, 0.29) is 24.7 Å². The van der Waals surface area contributed by atoms with E-state index in [0.29, 0.717) is 55.5 Å². The third kappa shape index (κ3) is 4.38. The fraction of sp³-hybridized carbons (Fsp3) is 0.429. The second kappa shape index (κ2) is 9.48. The number of amides is 1. The van der Waals surface area contributed by atoms with E-state index in [1.165, 1.54) is 6.07 Å². The molecule has 6 nitrogen and oxygen atoms in total. The molecule has 0 bridgehead atoms. The lowest BCUT2D eigenvalue weighted by atomic mass is 9.86. The Morgan fingerprint density at radius 1 is 1.16 bits per heavy atom. The maximum Gasteiger partial charge on any atom is 0.248 e. The van der Waals surface area contributed by atoms with E-state index in [0.717, 1.165) is 32.5 Å². The smallest absolute Gasteiger partial charge is 0.248 e. The van der Waals surface area contributed by atoms with Crippen LogP contribution in [0.5, 0.6) is 0 Å². The minimum Gasteiger partial charge on any atom is -0.335 e. The second-order valence-corrected chi connectivity index (χ2v) is 11.4. The molecule has 1 aliphatic carbocycles. The number of hydrogen-bond donors (Lipinski definition) is 0. The fourth-order valence-electron chi connectivity index (χ4n) is 5.69. The van der Waals surface area contributed by atoms with Gasteiger partial charge in [-0.25, -0.2) is 23.1 Å². The molecule has 1 fully saturated rings. The summed E-state index contributed by atoms with van der Waals surface area (Å²) < 4.78 is 45.5. The lowest BCUT2D eigenvalue weighted by Crippen LogP contribution is -2.38. The summed E-state index contributed by atoms with van der Waals surface area (Å²) in [5.41, 5.74) is 2.32. The minimum atomic E-state index is -2.65.